The van der Waals surface area contributed by atoms with Gasteiger partial charge in [0.25, 0.3) is 11.6 Å². The first-order chi connectivity index (χ1) is 9.41. The third kappa shape index (κ3) is 2.37. The minimum absolute atomic E-state index is 0.0232. The van der Waals surface area contributed by atoms with Crippen LogP contribution in [-0.2, 0) is 0 Å². The van der Waals surface area contributed by atoms with Crippen LogP contribution in [0.15, 0.2) is 18.2 Å². The summed E-state index contributed by atoms with van der Waals surface area (Å²) in [5.74, 6) is -0.168. The molecule has 1 amide bonds. The van der Waals surface area contributed by atoms with Crippen molar-refractivity contribution < 1.29 is 9.72 Å². The van der Waals surface area contributed by atoms with Gasteiger partial charge in [0.1, 0.15) is 5.56 Å². The molecule has 0 atom stereocenters. The number of nitrogens with zero attached hydrogens (tertiary/aromatic N) is 2. The lowest BCUT2D eigenvalue weighted by molar-refractivity contribution is -0.385. The number of hydrogen-bond acceptors (Lipinski definition) is 4. The van der Waals surface area contributed by atoms with E-state index >= 15 is 0 Å². The monoisotopic (exact) mass is 274 g/mol. The molecule has 2 rings (SSSR count). The first-order valence-corrected chi connectivity index (χ1v) is 5.98. The number of anilines is 1. The maximum Gasteiger partial charge on any atom is 0.285 e. The summed E-state index contributed by atoms with van der Waals surface area (Å²) in [5, 5.41) is 20.4. The van der Waals surface area contributed by atoms with Crippen molar-refractivity contribution in [2.24, 2.45) is 0 Å². The fourth-order valence-electron chi connectivity index (χ4n) is 1.87. The average molecular weight is 274 g/mol. The standard InChI is InChI=1S/C13H14N4O3/c1-7-5-4-6-10(11(7)17(19)20)13(18)14-12-8(2)9(3)15-16-12/h4-6H,1-3H3,(H2,14,15,16,18). The Bertz CT molecular complexity index is 691. The van der Waals surface area contributed by atoms with E-state index in [1.54, 1.807) is 26.0 Å². The van der Waals surface area contributed by atoms with Gasteiger partial charge in [-0.15, -0.1) is 0 Å². The predicted molar refractivity (Wildman–Crippen MR) is 73.8 cm³/mol. The molecule has 1 aromatic heterocycles. The van der Waals surface area contributed by atoms with Crippen molar-refractivity contribution in [3.8, 4) is 0 Å². The van der Waals surface area contributed by atoms with Gasteiger partial charge in [-0.05, 0) is 26.8 Å². The van der Waals surface area contributed by atoms with Gasteiger partial charge in [0.05, 0.1) is 4.92 Å². The molecule has 7 heteroatoms. The van der Waals surface area contributed by atoms with E-state index in [2.05, 4.69) is 15.5 Å². The lowest BCUT2D eigenvalue weighted by Crippen LogP contribution is -2.15. The number of hydrogen-bond donors (Lipinski definition) is 2. The number of aromatic nitrogens is 2. The Hall–Kier alpha value is -2.70. The molecule has 7 nitrogen and oxygen atoms in total. The van der Waals surface area contributed by atoms with Crippen LogP contribution in [0.1, 0.15) is 27.2 Å². The van der Waals surface area contributed by atoms with Gasteiger partial charge >= 0.3 is 0 Å². The lowest BCUT2D eigenvalue weighted by Gasteiger charge is -2.06. The van der Waals surface area contributed by atoms with E-state index < -0.39 is 10.8 Å². The third-order valence-electron chi connectivity index (χ3n) is 3.15. The molecule has 0 aliphatic heterocycles. The van der Waals surface area contributed by atoms with E-state index in [9.17, 15) is 14.9 Å². The molecule has 1 aromatic carbocycles. The van der Waals surface area contributed by atoms with E-state index in [0.29, 0.717) is 11.4 Å². The number of aromatic amines is 1. The highest BCUT2D eigenvalue weighted by Gasteiger charge is 2.23. The molecule has 0 fully saturated rings. The Balaban J connectivity index is 2.37. The maximum atomic E-state index is 12.2. The third-order valence-corrected chi connectivity index (χ3v) is 3.15. The number of H-pyrrole nitrogens is 1. The Morgan fingerprint density at radius 1 is 1.35 bits per heavy atom. The van der Waals surface area contributed by atoms with Crippen LogP contribution >= 0.6 is 0 Å². The number of amides is 1. The second kappa shape index (κ2) is 5.12. The van der Waals surface area contributed by atoms with E-state index in [1.165, 1.54) is 6.07 Å². The number of nitro benzene ring substituents is 1. The second-order valence-electron chi connectivity index (χ2n) is 4.50. The molecule has 1 heterocycles. The minimum Gasteiger partial charge on any atom is -0.305 e. The fraction of sp³-hybridized carbons (Fsp3) is 0.231. The number of aryl methyl sites for hydroxylation is 2. The van der Waals surface area contributed by atoms with Gasteiger partial charge < -0.3 is 5.32 Å². The summed E-state index contributed by atoms with van der Waals surface area (Å²) in [6.07, 6.45) is 0. The van der Waals surface area contributed by atoms with Crippen LogP contribution in [0.3, 0.4) is 0 Å². The van der Waals surface area contributed by atoms with E-state index in [0.717, 1.165) is 11.3 Å². The van der Waals surface area contributed by atoms with Gasteiger partial charge in [0.15, 0.2) is 5.82 Å². The molecule has 20 heavy (non-hydrogen) atoms. The predicted octanol–water partition coefficient (Wildman–Crippen LogP) is 2.50. The zero-order chi connectivity index (χ0) is 14.9. The van der Waals surface area contributed by atoms with Gasteiger partial charge in [-0.25, -0.2) is 0 Å². The van der Waals surface area contributed by atoms with E-state index in [-0.39, 0.29) is 11.3 Å². The van der Waals surface area contributed by atoms with Crippen LogP contribution in [0.25, 0.3) is 0 Å². The van der Waals surface area contributed by atoms with Crippen molar-refractivity contribution in [1.29, 1.82) is 0 Å². The van der Waals surface area contributed by atoms with Crippen molar-refractivity contribution in [2.45, 2.75) is 20.8 Å². The molecule has 2 N–H and O–H groups in total. The molecule has 0 saturated carbocycles. The van der Waals surface area contributed by atoms with Gasteiger partial charge in [-0.2, -0.15) is 5.10 Å². The van der Waals surface area contributed by atoms with E-state index in [4.69, 9.17) is 0 Å². The number of carbonyl (C=O) groups is 1. The Labute approximate surface area is 115 Å². The SMILES string of the molecule is Cc1cccc(C(=O)Nc2n[nH]c(C)c2C)c1[N+](=O)[O-]. The van der Waals surface area contributed by atoms with Crippen LogP contribution in [0.4, 0.5) is 11.5 Å². The molecule has 0 radical (unpaired) electrons. The highest BCUT2D eigenvalue weighted by atomic mass is 16.6. The summed E-state index contributed by atoms with van der Waals surface area (Å²) in [7, 11) is 0. The topological polar surface area (TPSA) is 101 Å². The normalized spacial score (nSPS) is 10.3. The molecular formula is C13H14N4O3. The number of rotatable bonds is 3. The Morgan fingerprint density at radius 3 is 2.60 bits per heavy atom. The molecule has 2 aromatic rings. The lowest BCUT2D eigenvalue weighted by atomic mass is 10.1. The Morgan fingerprint density at radius 2 is 2.05 bits per heavy atom. The van der Waals surface area contributed by atoms with Crippen LogP contribution < -0.4 is 5.32 Å². The molecule has 0 aliphatic carbocycles. The number of para-hydroxylation sites is 1. The zero-order valence-corrected chi connectivity index (χ0v) is 11.4. The molecule has 0 spiro atoms. The van der Waals surface area contributed by atoms with Crippen molar-refractivity contribution >= 4 is 17.4 Å². The number of benzene rings is 1. The molecule has 0 aliphatic rings. The van der Waals surface area contributed by atoms with Crippen molar-refractivity contribution in [3.63, 3.8) is 0 Å². The van der Waals surface area contributed by atoms with Crippen LogP contribution in [0.5, 0.6) is 0 Å². The number of nitro groups is 1. The van der Waals surface area contributed by atoms with Crippen molar-refractivity contribution in [2.75, 3.05) is 5.32 Å². The first kappa shape index (κ1) is 13.7. The number of carbonyl (C=O) groups excluding carboxylic acids is 1. The molecule has 0 saturated heterocycles. The van der Waals surface area contributed by atoms with Crippen molar-refractivity contribution in [3.05, 3.63) is 50.7 Å². The summed E-state index contributed by atoms with van der Waals surface area (Å²) in [4.78, 5) is 22.7. The Kier molecular flexibility index (Phi) is 3.51. The first-order valence-electron chi connectivity index (χ1n) is 5.98. The smallest absolute Gasteiger partial charge is 0.285 e. The molecule has 0 bridgehead atoms. The summed E-state index contributed by atoms with van der Waals surface area (Å²) in [5.41, 5.74) is 1.91. The van der Waals surface area contributed by atoms with E-state index in [1.807, 2.05) is 6.92 Å². The van der Waals surface area contributed by atoms with Crippen molar-refractivity contribution in [1.82, 2.24) is 10.2 Å². The summed E-state index contributed by atoms with van der Waals surface area (Å²) < 4.78 is 0. The van der Waals surface area contributed by atoms with Crippen LogP contribution in [-0.4, -0.2) is 21.0 Å². The summed E-state index contributed by atoms with van der Waals surface area (Å²) in [6.45, 7) is 5.23. The minimum atomic E-state index is -0.549. The van der Waals surface area contributed by atoms with Crippen LogP contribution in [0.2, 0.25) is 0 Å². The second-order valence-corrected chi connectivity index (χ2v) is 4.50. The molecule has 0 unspecified atom stereocenters. The zero-order valence-electron chi connectivity index (χ0n) is 11.4. The summed E-state index contributed by atoms with van der Waals surface area (Å²) >= 11 is 0. The van der Waals surface area contributed by atoms with Gasteiger partial charge in [0, 0.05) is 16.8 Å². The van der Waals surface area contributed by atoms with Gasteiger partial charge in [0.2, 0.25) is 0 Å². The van der Waals surface area contributed by atoms with Gasteiger partial charge in [-0.1, -0.05) is 12.1 Å². The van der Waals surface area contributed by atoms with Crippen LogP contribution in [0, 0.1) is 30.9 Å². The fourth-order valence-corrected chi connectivity index (χ4v) is 1.87. The highest BCUT2D eigenvalue weighted by molar-refractivity contribution is 6.07. The summed E-state index contributed by atoms with van der Waals surface area (Å²) in [6, 6.07) is 4.63. The maximum absolute atomic E-state index is 12.2. The highest BCUT2D eigenvalue weighted by Crippen LogP contribution is 2.24. The molecule has 104 valence electrons. The molecular weight excluding hydrogens is 260 g/mol. The largest absolute Gasteiger partial charge is 0.305 e. The van der Waals surface area contributed by atoms with Gasteiger partial charge in [-0.3, -0.25) is 20.0 Å². The average Bonchev–Trinajstić information content (AvgIpc) is 2.70. The quantitative estimate of drug-likeness (QED) is 0.663. The number of nitrogens with one attached hydrogen (secondary N) is 2.